The van der Waals surface area contributed by atoms with Crippen molar-refractivity contribution in [3.8, 4) is 5.75 Å². The normalized spacial score (nSPS) is 12.0. The molecule has 0 aromatic heterocycles. The van der Waals surface area contributed by atoms with E-state index in [0.717, 1.165) is 48.5 Å². The Bertz CT molecular complexity index is 1560. The van der Waals surface area contributed by atoms with Gasteiger partial charge in [-0.1, -0.05) is 6.07 Å². The second-order valence-corrected chi connectivity index (χ2v) is 10.3. The van der Waals surface area contributed by atoms with Crippen LogP contribution in [-0.2, 0) is 30.4 Å². The van der Waals surface area contributed by atoms with Crippen molar-refractivity contribution in [1.29, 1.82) is 0 Å². The predicted molar refractivity (Wildman–Crippen MR) is 123 cm³/mol. The summed E-state index contributed by atoms with van der Waals surface area (Å²) in [5.41, 5.74) is -0.405. The van der Waals surface area contributed by atoms with Crippen LogP contribution in [0.3, 0.4) is 0 Å². The van der Waals surface area contributed by atoms with Gasteiger partial charge in [-0.2, -0.15) is 30.4 Å². The van der Waals surface area contributed by atoms with Crippen LogP contribution in [-0.4, -0.2) is 133 Å². The second kappa shape index (κ2) is 12.5. The Hall–Kier alpha value is 0.0500. The predicted octanol–water partition coefficient (Wildman–Crippen LogP) is 1.56. The van der Waals surface area contributed by atoms with E-state index < -0.39 is 56.5 Å². The van der Waals surface area contributed by atoms with Crippen molar-refractivity contribution in [3.63, 3.8) is 0 Å². The second-order valence-electron chi connectivity index (χ2n) is 6.07. The van der Waals surface area contributed by atoms with Crippen LogP contribution < -0.4 is 0 Å². The largest absolute Gasteiger partial charge is 0.504 e. The summed E-state index contributed by atoms with van der Waals surface area (Å²) in [5.74, 6) is -0.979. The fourth-order valence-corrected chi connectivity index (χ4v) is 4.19. The van der Waals surface area contributed by atoms with Gasteiger partial charge in [0.05, 0.1) is 15.5 Å². The summed E-state index contributed by atoms with van der Waals surface area (Å²) in [5, 5.41) is 17.7. The van der Waals surface area contributed by atoms with E-state index in [0.29, 0.717) is 0 Å². The molecule has 0 saturated carbocycles. The number of hydrogen-bond acceptors (Lipinski definition) is 9. The van der Waals surface area contributed by atoms with Crippen LogP contribution in [0, 0.1) is 0 Å². The van der Waals surface area contributed by atoms with Crippen LogP contribution >= 0.6 is 0 Å². The minimum Gasteiger partial charge on any atom is -0.504 e. The summed E-state index contributed by atoms with van der Waals surface area (Å²) in [6.07, 6.45) is 0. The first-order valence-electron chi connectivity index (χ1n) is 7.92. The fourth-order valence-electron chi connectivity index (χ4n) is 2.58. The van der Waals surface area contributed by atoms with Crippen molar-refractivity contribution < 1.29 is 44.0 Å². The zero-order valence-electron chi connectivity index (χ0n) is 18.0. The molecule has 34 heavy (non-hydrogen) atoms. The molecule has 12 nitrogen and oxygen atoms in total. The first-order valence-corrected chi connectivity index (χ1v) is 12.2. The Labute approximate surface area is 261 Å². The third kappa shape index (κ3) is 8.03. The molecule has 0 aliphatic rings. The molecule has 0 bridgehead atoms. The number of benzene rings is 3. The topological polar surface area (TPSA) is 208 Å². The van der Waals surface area contributed by atoms with E-state index in [4.69, 9.17) is 4.55 Å². The van der Waals surface area contributed by atoms with E-state index in [1.165, 1.54) is 0 Å². The van der Waals surface area contributed by atoms with Crippen LogP contribution in [0.5, 0.6) is 5.75 Å². The molecule has 3 aromatic rings. The van der Waals surface area contributed by atoms with Gasteiger partial charge in [0.25, 0.3) is 30.4 Å². The van der Waals surface area contributed by atoms with Gasteiger partial charge in [-0.05, 0) is 47.9 Å². The number of hydrogen-bond donors (Lipinski definition) is 4. The van der Waals surface area contributed by atoms with E-state index in [-0.39, 0.29) is 105 Å². The molecule has 18 heteroatoms. The number of azo groups is 1. The third-order valence-electron chi connectivity index (χ3n) is 4.00. The third-order valence-corrected chi connectivity index (χ3v) is 6.58. The van der Waals surface area contributed by atoms with E-state index in [9.17, 15) is 39.5 Å². The Morgan fingerprint density at radius 1 is 0.618 bits per heavy atom. The maximum atomic E-state index is 11.6. The van der Waals surface area contributed by atoms with Crippen molar-refractivity contribution in [2.24, 2.45) is 10.2 Å². The number of phenols is 1. The molecule has 0 atom stereocenters. The van der Waals surface area contributed by atoms with E-state index >= 15 is 0 Å². The number of rotatable bonds is 5. The summed E-state index contributed by atoms with van der Waals surface area (Å²) < 4.78 is 95.6. The SMILES string of the molecule is O=S(=O)(O)c1ccc(N=Nc2c(O)c(S(=O)(=O)O)cc3cc(S(=O)(=O)O)ccc23)cc1.[Na].[Na].[Na]. The van der Waals surface area contributed by atoms with E-state index in [1.807, 2.05) is 0 Å². The number of aromatic hydroxyl groups is 1. The number of nitrogens with zero attached hydrogens (tertiary/aromatic N) is 2. The Balaban J connectivity index is 0.00000363. The van der Waals surface area contributed by atoms with Gasteiger partial charge in [0.1, 0.15) is 10.6 Å². The molecule has 0 saturated heterocycles. The Morgan fingerprint density at radius 3 is 1.59 bits per heavy atom. The molecule has 4 N–H and O–H groups in total. The maximum absolute atomic E-state index is 11.6. The minimum atomic E-state index is -4.96. The molecule has 0 unspecified atom stereocenters. The van der Waals surface area contributed by atoms with Crippen LogP contribution in [0.1, 0.15) is 0 Å². The van der Waals surface area contributed by atoms with Gasteiger partial charge in [0.15, 0.2) is 5.75 Å². The zero-order valence-corrected chi connectivity index (χ0v) is 26.4. The molecular weight excluding hydrogens is 545 g/mol. The molecule has 0 fully saturated rings. The first kappa shape index (κ1) is 34.0. The monoisotopic (exact) mass is 557 g/mol. The molecule has 0 heterocycles. The molecular formula is C16H12N2Na3O10S3. The van der Waals surface area contributed by atoms with Gasteiger partial charge >= 0.3 is 0 Å². The maximum Gasteiger partial charge on any atom is 0.298 e. The zero-order chi connectivity index (χ0) is 23.2. The van der Waals surface area contributed by atoms with E-state index in [2.05, 4.69) is 10.2 Å². The number of phenolic OH excluding ortho intramolecular Hbond substituents is 1. The molecule has 3 radical (unpaired) electrons. The van der Waals surface area contributed by atoms with Gasteiger partial charge in [0, 0.05) is 94.1 Å². The molecule has 167 valence electrons. The van der Waals surface area contributed by atoms with Crippen LogP contribution in [0.2, 0.25) is 0 Å². The molecule has 0 amide bonds. The van der Waals surface area contributed by atoms with Crippen molar-refractivity contribution in [2.45, 2.75) is 14.7 Å². The summed E-state index contributed by atoms with van der Waals surface area (Å²) in [6.45, 7) is 0. The van der Waals surface area contributed by atoms with Gasteiger partial charge in [0.2, 0.25) is 0 Å². The molecule has 3 aromatic carbocycles. The summed E-state index contributed by atoms with van der Waals surface area (Å²) in [7, 11) is -14.0. The fraction of sp³-hybridized carbons (Fsp3) is 0. The summed E-state index contributed by atoms with van der Waals surface area (Å²) in [4.78, 5) is -1.97. The average molecular weight is 557 g/mol. The number of fused-ring (bicyclic) bond motifs is 1. The van der Waals surface area contributed by atoms with E-state index in [1.54, 1.807) is 0 Å². The molecule has 3 rings (SSSR count). The van der Waals surface area contributed by atoms with Crippen molar-refractivity contribution in [2.75, 3.05) is 0 Å². The minimum absolute atomic E-state index is 0. The summed E-state index contributed by atoms with van der Waals surface area (Å²) in [6, 6.07) is 8.16. The molecule has 0 aliphatic heterocycles. The standard InChI is InChI=1S/C16H12N2O10S3.3Na/c19-16-14(31(26,27)28)8-9-7-12(30(23,24)25)5-6-13(9)15(16)18-17-10-1-3-11(4-2-10)29(20,21)22;;;/h1-8,19H,(H,20,21,22)(H,23,24,25)(H,26,27,28);;;. The van der Waals surface area contributed by atoms with Gasteiger partial charge in [-0.25, -0.2) is 0 Å². The quantitative estimate of drug-likeness (QED) is 0.202. The van der Waals surface area contributed by atoms with Crippen molar-refractivity contribution in [1.82, 2.24) is 0 Å². The van der Waals surface area contributed by atoms with Crippen LogP contribution in [0.15, 0.2) is 73.4 Å². The molecule has 0 spiro atoms. The van der Waals surface area contributed by atoms with Crippen LogP contribution in [0.4, 0.5) is 11.4 Å². The van der Waals surface area contributed by atoms with Crippen molar-refractivity contribution in [3.05, 3.63) is 48.5 Å². The van der Waals surface area contributed by atoms with Crippen LogP contribution in [0.25, 0.3) is 10.8 Å². The van der Waals surface area contributed by atoms with Gasteiger partial charge in [-0.15, -0.1) is 5.11 Å². The average Bonchev–Trinajstić information content (AvgIpc) is 2.64. The first-order chi connectivity index (χ1) is 14.2. The smallest absolute Gasteiger partial charge is 0.298 e. The van der Waals surface area contributed by atoms with Gasteiger partial charge in [-0.3, -0.25) is 13.7 Å². The Morgan fingerprint density at radius 2 is 1.12 bits per heavy atom. The van der Waals surface area contributed by atoms with Gasteiger partial charge < -0.3 is 5.11 Å². The Kier molecular flexibility index (Phi) is 12.5. The van der Waals surface area contributed by atoms with Crippen molar-refractivity contribution >= 4 is 141 Å². The summed E-state index contributed by atoms with van der Waals surface area (Å²) >= 11 is 0. The molecule has 0 aliphatic carbocycles.